The van der Waals surface area contributed by atoms with Crippen molar-refractivity contribution >= 4 is 5.78 Å². The van der Waals surface area contributed by atoms with Crippen LogP contribution in [-0.4, -0.2) is 17.9 Å². The molecule has 0 spiro atoms. The number of aromatic nitrogens is 1. The number of methoxy groups -OCH3 is 1. The predicted octanol–water partition coefficient (Wildman–Crippen LogP) is 2.61. The van der Waals surface area contributed by atoms with Crippen LogP contribution in [-0.2, 0) is 0 Å². The highest BCUT2D eigenvalue weighted by Crippen LogP contribution is 2.38. The van der Waals surface area contributed by atoms with Crippen molar-refractivity contribution in [3.05, 3.63) is 47.2 Å². The van der Waals surface area contributed by atoms with Crippen molar-refractivity contribution < 1.29 is 9.53 Å². The van der Waals surface area contributed by atoms with Gasteiger partial charge in [-0.2, -0.15) is 0 Å². The van der Waals surface area contributed by atoms with E-state index < -0.39 is 0 Å². The summed E-state index contributed by atoms with van der Waals surface area (Å²) in [5, 5.41) is 0. The highest BCUT2D eigenvalue weighted by Gasteiger charge is 2.29. The number of aryl methyl sites for hydroxylation is 1. The van der Waals surface area contributed by atoms with Gasteiger partial charge in [0.05, 0.1) is 18.4 Å². The van der Waals surface area contributed by atoms with Crippen LogP contribution in [0.2, 0.25) is 0 Å². The summed E-state index contributed by atoms with van der Waals surface area (Å²) in [6, 6.07) is 7.33. The molecule has 1 aromatic carbocycles. The molecule has 0 saturated heterocycles. The Balaban J connectivity index is 2.33. The van der Waals surface area contributed by atoms with Crippen LogP contribution in [0.25, 0.3) is 11.3 Å². The van der Waals surface area contributed by atoms with E-state index in [1.807, 2.05) is 19.1 Å². The van der Waals surface area contributed by atoms with E-state index in [-0.39, 0.29) is 5.78 Å². The third-order valence-electron chi connectivity index (χ3n) is 3.11. The van der Waals surface area contributed by atoms with Crippen molar-refractivity contribution in [2.75, 3.05) is 7.11 Å². The fraction of sp³-hybridized carbons (Fsp3) is 0.143. The van der Waals surface area contributed by atoms with Crippen LogP contribution in [0.3, 0.4) is 0 Å². The van der Waals surface area contributed by atoms with Crippen LogP contribution < -0.4 is 4.74 Å². The Kier molecular flexibility index (Phi) is 2.01. The Morgan fingerprint density at radius 2 is 2.00 bits per heavy atom. The second-order valence-electron chi connectivity index (χ2n) is 4.09. The van der Waals surface area contributed by atoms with E-state index in [2.05, 4.69) is 4.98 Å². The van der Waals surface area contributed by atoms with Gasteiger partial charge < -0.3 is 4.74 Å². The molecule has 17 heavy (non-hydrogen) atoms. The molecule has 1 aliphatic carbocycles. The number of pyridine rings is 1. The number of ether oxygens (including phenoxy) is 1. The van der Waals surface area contributed by atoms with Crippen molar-refractivity contribution in [1.29, 1.82) is 0 Å². The number of hydrogen-bond acceptors (Lipinski definition) is 3. The van der Waals surface area contributed by atoms with Crippen LogP contribution in [0.15, 0.2) is 30.5 Å². The molecule has 0 aliphatic heterocycles. The Morgan fingerprint density at radius 1 is 1.18 bits per heavy atom. The SMILES string of the molecule is COc1ccc2c(c1)-c1nccc(C)c1C2=O. The van der Waals surface area contributed by atoms with Crippen LogP contribution in [0.4, 0.5) is 0 Å². The first-order valence-corrected chi connectivity index (χ1v) is 5.41. The van der Waals surface area contributed by atoms with Crippen molar-refractivity contribution in [1.82, 2.24) is 4.98 Å². The molecule has 3 rings (SSSR count). The molecule has 1 heterocycles. The van der Waals surface area contributed by atoms with E-state index in [0.29, 0.717) is 5.56 Å². The zero-order valence-electron chi connectivity index (χ0n) is 9.65. The maximum absolute atomic E-state index is 12.2. The van der Waals surface area contributed by atoms with Crippen molar-refractivity contribution in [2.24, 2.45) is 0 Å². The number of ketones is 1. The molecule has 0 unspecified atom stereocenters. The topological polar surface area (TPSA) is 39.2 Å². The first-order chi connectivity index (χ1) is 8.22. The number of carbonyl (C=O) groups is 1. The third kappa shape index (κ3) is 1.29. The molecule has 0 radical (unpaired) electrons. The molecule has 1 aromatic heterocycles. The van der Waals surface area contributed by atoms with Gasteiger partial charge in [-0.25, -0.2) is 0 Å². The van der Waals surface area contributed by atoms with Crippen LogP contribution >= 0.6 is 0 Å². The molecule has 3 heteroatoms. The number of fused-ring (bicyclic) bond motifs is 3. The Hall–Kier alpha value is -2.16. The molecule has 0 saturated carbocycles. The van der Waals surface area contributed by atoms with E-state index >= 15 is 0 Å². The Labute approximate surface area is 99.1 Å². The minimum absolute atomic E-state index is 0.0586. The number of hydrogen-bond donors (Lipinski definition) is 0. The monoisotopic (exact) mass is 225 g/mol. The average molecular weight is 225 g/mol. The zero-order chi connectivity index (χ0) is 12.0. The molecule has 0 N–H and O–H groups in total. The summed E-state index contributed by atoms with van der Waals surface area (Å²) in [4.78, 5) is 16.5. The molecular weight excluding hydrogens is 214 g/mol. The number of carbonyl (C=O) groups excluding carboxylic acids is 1. The number of nitrogens with zero attached hydrogens (tertiary/aromatic N) is 1. The second-order valence-corrected chi connectivity index (χ2v) is 4.09. The fourth-order valence-corrected chi connectivity index (χ4v) is 2.23. The van der Waals surface area contributed by atoms with Crippen LogP contribution in [0.5, 0.6) is 5.75 Å². The van der Waals surface area contributed by atoms with Crippen molar-refractivity contribution in [3.63, 3.8) is 0 Å². The zero-order valence-corrected chi connectivity index (χ0v) is 9.65. The summed E-state index contributed by atoms with van der Waals surface area (Å²) in [7, 11) is 1.61. The molecular formula is C14H11NO2. The lowest BCUT2D eigenvalue weighted by molar-refractivity contribution is 0.104. The summed E-state index contributed by atoms with van der Waals surface area (Å²) in [5.41, 5.74) is 4.03. The van der Waals surface area contributed by atoms with Crippen molar-refractivity contribution in [2.45, 2.75) is 6.92 Å². The van der Waals surface area contributed by atoms with Gasteiger partial charge in [0.2, 0.25) is 0 Å². The Bertz CT molecular complexity index is 632. The van der Waals surface area contributed by atoms with E-state index in [0.717, 1.165) is 28.1 Å². The van der Waals surface area contributed by atoms with Crippen molar-refractivity contribution in [3.8, 4) is 17.0 Å². The van der Waals surface area contributed by atoms with Gasteiger partial charge in [0.1, 0.15) is 5.75 Å². The quantitative estimate of drug-likeness (QED) is 0.639. The average Bonchev–Trinajstić information content (AvgIpc) is 2.64. The van der Waals surface area contributed by atoms with Gasteiger partial charge in [0.15, 0.2) is 5.78 Å². The van der Waals surface area contributed by atoms with Gasteiger partial charge in [-0.05, 0) is 36.8 Å². The van der Waals surface area contributed by atoms with Gasteiger partial charge in [-0.1, -0.05) is 0 Å². The summed E-state index contributed by atoms with van der Waals surface area (Å²) < 4.78 is 5.18. The Morgan fingerprint density at radius 3 is 2.76 bits per heavy atom. The minimum atomic E-state index is 0.0586. The smallest absolute Gasteiger partial charge is 0.196 e. The first-order valence-electron chi connectivity index (χ1n) is 5.41. The highest BCUT2D eigenvalue weighted by molar-refractivity contribution is 6.21. The standard InChI is InChI=1S/C14H11NO2/c1-8-5-6-15-13-11-7-9(17-2)3-4-10(11)14(16)12(8)13/h3-7H,1-2H3. The molecule has 0 bridgehead atoms. The van der Waals surface area contributed by atoms with Gasteiger partial charge >= 0.3 is 0 Å². The highest BCUT2D eigenvalue weighted by atomic mass is 16.5. The normalized spacial score (nSPS) is 12.2. The van der Waals surface area contributed by atoms with Gasteiger partial charge in [-0.15, -0.1) is 0 Å². The number of benzene rings is 1. The maximum atomic E-state index is 12.2. The molecule has 0 atom stereocenters. The largest absolute Gasteiger partial charge is 0.497 e. The molecule has 1 aliphatic rings. The molecule has 84 valence electrons. The molecule has 0 fully saturated rings. The second kappa shape index (κ2) is 3.42. The number of rotatable bonds is 1. The van der Waals surface area contributed by atoms with Gasteiger partial charge in [0.25, 0.3) is 0 Å². The summed E-state index contributed by atoms with van der Waals surface area (Å²) in [6.07, 6.45) is 1.73. The predicted molar refractivity (Wildman–Crippen MR) is 64.4 cm³/mol. The third-order valence-corrected chi connectivity index (χ3v) is 3.11. The summed E-state index contributed by atoms with van der Waals surface area (Å²) in [5.74, 6) is 0.802. The van der Waals surface area contributed by atoms with Crippen LogP contribution in [0, 0.1) is 6.92 Å². The van der Waals surface area contributed by atoms with Crippen LogP contribution in [0.1, 0.15) is 21.5 Å². The van der Waals surface area contributed by atoms with Gasteiger partial charge in [-0.3, -0.25) is 9.78 Å². The molecule has 2 aromatic rings. The fourth-order valence-electron chi connectivity index (χ4n) is 2.23. The van der Waals surface area contributed by atoms with E-state index in [4.69, 9.17) is 4.74 Å². The maximum Gasteiger partial charge on any atom is 0.196 e. The van der Waals surface area contributed by atoms with E-state index in [9.17, 15) is 4.79 Å². The first kappa shape index (κ1) is 10.0. The van der Waals surface area contributed by atoms with Gasteiger partial charge in [0, 0.05) is 17.3 Å². The lowest BCUT2D eigenvalue weighted by Gasteiger charge is -2.02. The lowest BCUT2D eigenvalue weighted by atomic mass is 10.1. The molecule has 0 amide bonds. The van der Waals surface area contributed by atoms with E-state index in [1.54, 1.807) is 25.4 Å². The molecule has 3 nitrogen and oxygen atoms in total. The summed E-state index contributed by atoms with van der Waals surface area (Å²) >= 11 is 0. The van der Waals surface area contributed by atoms with E-state index in [1.165, 1.54) is 0 Å². The summed E-state index contributed by atoms with van der Waals surface area (Å²) in [6.45, 7) is 1.93. The lowest BCUT2D eigenvalue weighted by Crippen LogP contribution is -1.98. The minimum Gasteiger partial charge on any atom is -0.497 e.